The summed E-state index contributed by atoms with van der Waals surface area (Å²) < 4.78 is 0. The number of aliphatic imine (C=N–C) groups is 1. The van der Waals surface area contributed by atoms with Crippen molar-refractivity contribution < 1.29 is 0 Å². The number of benzene rings is 1. The van der Waals surface area contributed by atoms with Crippen LogP contribution in [0.25, 0.3) is 0 Å². The van der Waals surface area contributed by atoms with Crippen molar-refractivity contribution in [3.63, 3.8) is 0 Å². The molecular weight excluding hydrogens is 198 g/mol. The Morgan fingerprint density at radius 1 is 1.38 bits per heavy atom. The maximum absolute atomic E-state index is 5.60. The van der Waals surface area contributed by atoms with Gasteiger partial charge in [-0.1, -0.05) is 38.1 Å². The summed E-state index contributed by atoms with van der Waals surface area (Å²) in [5.74, 6) is 1.55. The van der Waals surface area contributed by atoms with E-state index in [0.717, 1.165) is 17.9 Å². The zero-order valence-electron chi connectivity index (χ0n) is 9.90. The monoisotopic (exact) mass is 217 g/mol. The number of hydrogen-bond acceptors (Lipinski definition) is 3. The highest BCUT2D eigenvalue weighted by Gasteiger charge is 2.16. The molecule has 0 saturated heterocycles. The standard InChI is InChI=1S/C13H19N3/c1-9(2)10-3-5-11(6-4-10)13-15-8-12(7-14)16-13/h3-6,9,12H,7-8,14H2,1-2H3,(H,15,16). The maximum Gasteiger partial charge on any atom is 0.128 e. The highest BCUT2D eigenvalue weighted by atomic mass is 15.1. The molecule has 0 aromatic heterocycles. The average Bonchev–Trinajstić information content (AvgIpc) is 2.77. The predicted molar refractivity (Wildman–Crippen MR) is 67.9 cm³/mol. The second-order valence-corrected chi connectivity index (χ2v) is 4.54. The molecule has 3 N–H and O–H groups in total. The molecule has 0 aliphatic carbocycles. The predicted octanol–water partition coefficient (Wildman–Crippen LogP) is 1.49. The molecule has 3 heteroatoms. The lowest BCUT2D eigenvalue weighted by Crippen LogP contribution is -2.36. The molecule has 86 valence electrons. The summed E-state index contributed by atoms with van der Waals surface area (Å²) in [5, 5.41) is 3.33. The third kappa shape index (κ3) is 2.25. The second-order valence-electron chi connectivity index (χ2n) is 4.54. The number of hydrogen-bond donors (Lipinski definition) is 2. The molecular formula is C13H19N3. The van der Waals surface area contributed by atoms with E-state index in [1.807, 2.05) is 0 Å². The zero-order chi connectivity index (χ0) is 11.5. The largest absolute Gasteiger partial charge is 0.364 e. The van der Waals surface area contributed by atoms with Crippen LogP contribution in [0.15, 0.2) is 29.3 Å². The summed E-state index contributed by atoms with van der Waals surface area (Å²) in [5.41, 5.74) is 8.11. The lowest BCUT2D eigenvalue weighted by molar-refractivity contribution is 0.668. The van der Waals surface area contributed by atoms with Gasteiger partial charge in [0.15, 0.2) is 0 Å². The van der Waals surface area contributed by atoms with E-state index in [0.29, 0.717) is 18.5 Å². The first-order chi connectivity index (χ1) is 7.70. The Morgan fingerprint density at radius 2 is 2.06 bits per heavy atom. The first-order valence-corrected chi connectivity index (χ1v) is 5.82. The van der Waals surface area contributed by atoms with Crippen molar-refractivity contribution in [2.75, 3.05) is 13.1 Å². The van der Waals surface area contributed by atoms with E-state index >= 15 is 0 Å². The summed E-state index contributed by atoms with van der Waals surface area (Å²) in [4.78, 5) is 4.46. The van der Waals surface area contributed by atoms with E-state index in [1.165, 1.54) is 5.56 Å². The SMILES string of the molecule is CC(C)c1ccc(C2=NCC(CN)N2)cc1. The summed E-state index contributed by atoms with van der Waals surface area (Å²) in [7, 11) is 0. The van der Waals surface area contributed by atoms with Gasteiger partial charge in [-0.05, 0) is 11.5 Å². The fourth-order valence-electron chi connectivity index (χ4n) is 1.82. The Hall–Kier alpha value is -1.35. The quantitative estimate of drug-likeness (QED) is 0.806. The molecule has 1 aliphatic rings. The van der Waals surface area contributed by atoms with E-state index in [9.17, 15) is 0 Å². The number of nitrogens with zero attached hydrogens (tertiary/aromatic N) is 1. The van der Waals surface area contributed by atoms with Crippen molar-refractivity contribution in [3.8, 4) is 0 Å². The molecule has 0 bridgehead atoms. The molecule has 1 aliphatic heterocycles. The summed E-state index contributed by atoms with van der Waals surface area (Å²) in [6.07, 6.45) is 0. The molecule has 0 amide bonds. The Morgan fingerprint density at radius 3 is 2.56 bits per heavy atom. The number of rotatable bonds is 3. The second kappa shape index (κ2) is 4.66. The molecule has 0 saturated carbocycles. The van der Waals surface area contributed by atoms with Gasteiger partial charge in [-0.25, -0.2) is 0 Å². The summed E-state index contributed by atoms with van der Waals surface area (Å²) in [6.45, 7) is 5.82. The van der Waals surface area contributed by atoms with Crippen molar-refractivity contribution in [3.05, 3.63) is 35.4 Å². The molecule has 16 heavy (non-hydrogen) atoms. The van der Waals surface area contributed by atoms with E-state index in [-0.39, 0.29) is 0 Å². The van der Waals surface area contributed by atoms with Crippen LogP contribution in [0.5, 0.6) is 0 Å². The molecule has 1 aromatic rings. The van der Waals surface area contributed by atoms with Gasteiger partial charge in [0.25, 0.3) is 0 Å². The Balaban J connectivity index is 2.11. The topological polar surface area (TPSA) is 50.4 Å². The molecule has 0 fully saturated rings. The minimum absolute atomic E-state index is 0.305. The van der Waals surface area contributed by atoms with Crippen molar-refractivity contribution in [2.24, 2.45) is 10.7 Å². The zero-order valence-corrected chi connectivity index (χ0v) is 9.90. The van der Waals surface area contributed by atoms with Gasteiger partial charge in [0.05, 0.1) is 12.6 Å². The highest BCUT2D eigenvalue weighted by Crippen LogP contribution is 2.15. The molecule has 0 radical (unpaired) electrons. The fraction of sp³-hybridized carbons (Fsp3) is 0.462. The van der Waals surface area contributed by atoms with Crippen LogP contribution in [0.4, 0.5) is 0 Å². The first-order valence-electron chi connectivity index (χ1n) is 5.82. The third-order valence-electron chi connectivity index (χ3n) is 2.95. The maximum atomic E-state index is 5.60. The molecule has 0 spiro atoms. The van der Waals surface area contributed by atoms with Gasteiger partial charge in [-0.2, -0.15) is 0 Å². The van der Waals surface area contributed by atoms with Crippen LogP contribution in [-0.2, 0) is 0 Å². The van der Waals surface area contributed by atoms with E-state index < -0.39 is 0 Å². The van der Waals surface area contributed by atoms with Gasteiger partial charge in [0.1, 0.15) is 5.84 Å². The highest BCUT2D eigenvalue weighted by molar-refractivity contribution is 6.00. The van der Waals surface area contributed by atoms with Gasteiger partial charge in [-0.3, -0.25) is 4.99 Å². The summed E-state index contributed by atoms with van der Waals surface area (Å²) >= 11 is 0. The normalized spacial score (nSPS) is 19.8. The van der Waals surface area contributed by atoms with Gasteiger partial charge >= 0.3 is 0 Å². The van der Waals surface area contributed by atoms with Crippen molar-refractivity contribution >= 4 is 5.84 Å². The smallest absolute Gasteiger partial charge is 0.128 e. The molecule has 1 heterocycles. The average molecular weight is 217 g/mol. The number of nitrogens with one attached hydrogen (secondary N) is 1. The number of amidine groups is 1. The van der Waals surface area contributed by atoms with Crippen LogP contribution in [0.2, 0.25) is 0 Å². The summed E-state index contributed by atoms with van der Waals surface area (Å²) in [6, 6.07) is 8.89. The lowest BCUT2D eigenvalue weighted by Gasteiger charge is -2.10. The van der Waals surface area contributed by atoms with Crippen LogP contribution < -0.4 is 11.1 Å². The minimum atomic E-state index is 0.305. The van der Waals surface area contributed by atoms with Gasteiger partial charge < -0.3 is 11.1 Å². The Bertz CT molecular complexity index is 379. The van der Waals surface area contributed by atoms with Crippen LogP contribution in [-0.4, -0.2) is 25.0 Å². The lowest BCUT2D eigenvalue weighted by atomic mass is 10.0. The third-order valence-corrected chi connectivity index (χ3v) is 2.95. The molecule has 2 rings (SSSR count). The van der Waals surface area contributed by atoms with Gasteiger partial charge in [0.2, 0.25) is 0 Å². The first kappa shape index (κ1) is 11.1. The van der Waals surface area contributed by atoms with Crippen molar-refractivity contribution in [1.29, 1.82) is 0 Å². The minimum Gasteiger partial charge on any atom is -0.364 e. The van der Waals surface area contributed by atoms with Crippen molar-refractivity contribution in [2.45, 2.75) is 25.8 Å². The van der Waals surface area contributed by atoms with Crippen LogP contribution in [0, 0.1) is 0 Å². The van der Waals surface area contributed by atoms with E-state index in [4.69, 9.17) is 5.73 Å². The Labute approximate surface area is 96.8 Å². The number of nitrogens with two attached hydrogens (primary N) is 1. The Kier molecular flexibility index (Phi) is 3.25. The van der Waals surface area contributed by atoms with E-state index in [1.54, 1.807) is 0 Å². The van der Waals surface area contributed by atoms with Gasteiger partial charge in [0, 0.05) is 12.1 Å². The van der Waals surface area contributed by atoms with Crippen molar-refractivity contribution in [1.82, 2.24) is 5.32 Å². The molecule has 3 nitrogen and oxygen atoms in total. The van der Waals surface area contributed by atoms with Crippen LogP contribution in [0.1, 0.15) is 30.9 Å². The fourth-order valence-corrected chi connectivity index (χ4v) is 1.82. The molecule has 1 aromatic carbocycles. The van der Waals surface area contributed by atoms with Gasteiger partial charge in [-0.15, -0.1) is 0 Å². The van der Waals surface area contributed by atoms with E-state index in [2.05, 4.69) is 48.4 Å². The van der Waals surface area contributed by atoms with Crippen LogP contribution >= 0.6 is 0 Å². The molecule has 1 unspecified atom stereocenters. The molecule has 1 atom stereocenters. The van der Waals surface area contributed by atoms with Crippen LogP contribution in [0.3, 0.4) is 0 Å².